The number of hydrogen-bond donors (Lipinski definition) is 2. The predicted molar refractivity (Wildman–Crippen MR) is 118 cm³/mol. The lowest BCUT2D eigenvalue weighted by Crippen LogP contribution is -2.45. The summed E-state index contributed by atoms with van der Waals surface area (Å²) in [6, 6.07) is 3.90. The van der Waals surface area contributed by atoms with Gasteiger partial charge in [0.05, 0.1) is 12.6 Å². The van der Waals surface area contributed by atoms with E-state index in [4.69, 9.17) is 0 Å². The lowest BCUT2D eigenvalue weighted by Gasteiger charge is -2.26. The van der Waals surface area contributed by atoms with Gasteiger partial charge in [-0.3, -0.25) is 4.99 Å². The van der Waals surface area contributed by atoms with E-state index in [1.54, 1.807) is 4.90 Å². The molecule has 1 heterocycles. The Kier molecular flexibility index (Phi) is 10.8. The molecule has 1 fully saturated rings. The van der Waals surface area contributed by atoms with Crippen LogP contribution >= 0.6 is 35.7 Å². The van der Waals surface area contributed by atoms with Gasteiger partial charge in [-0.2, -0.15) is 11.8 Å². The minimum absolute atomic E-state index is 0. The van der Waals surface area contributed by atoms with Gasteiger partial charge in [0.15, 0.2) is 5.96 Å². The zero-order valence-corrected chi connectivity index (χ0v) is 18.7. The maximum Gasteiger partial charge on any atom is 0.191 e. The lowest BCUT2D eigenvalue weighted by molar-refractivity contribution is 0.290. The summed E-state index contributed by atoms with van der Waals surface area (Å²) in [6.07, 6.45) is 2.32. The van der Waals surface area contributed by atoms with E-state index in [1.165, 1.54) is 30.4 Å². The van der Waals surface area contributed by atoms with E-state index in [0.29, 0.717) is 12.0 Å². The monoisotopic (exact) mass is 498 g/mol. The van der Waals surface area contributed by atoms with Crippen molar-refractivity contribution in [2.45, 2.75) is 31.8 Å². The van der Waals surface area contributed by atoms with Crippen molar-refractivity contribution in [1.29, 1.82) is 0 Å². The van der Waals surface area contributed by atoms with Crippen LogP contribution in [0.1, 0.15) is 31.4 Å². The van der Waals surface area contributed by atoms with Crippen molar-refractivity contribution in [2.75, 3.05) is 38.7 Å². The third-order valence-corrected chi connectivity index (χ3v) is 5.44. The molecule has 1 aromatic rings. The summed E-state index contributed by atoms with van der Waals surface area (Å²) in [5.41, 5.74) is 0.0697. The first-order valence-corrected chi connectivity index (χ1v) is 9.91. The van der Waals surface area contributed by atoms with Crippen molar-refractivity contribution in [1.82, 2.24) is 15.5 Å². The number of nitrogens with zero attached hydrogens (tertiary/aromatic N) is 2. The number of guanidine groups is 1. The van der Waals surface area contributed by atoms with E-state index in [-0.39, 0.29) is 36.1 Å². The van der Waals surface area contributed by atoms with E-state index in [2.05, 4.69) is 15.6 Å². The molecule has 1 aliphatic heterocycles. The number of thioether (sulfide) groups is 1. The molecule has 8 heteroatoms. The van der Waals surface area contributed by atoms with Gasteiger partial charge in [0.25, 0.3) is 0 Å². The molecule has 0 radical (unpaired) electrons. The van der Waals surface area contributed by atoms with Crippen LogP contribution in [0, 0.1) is 11.6 Å². The van der Waals surface area contributed by atoms with Crippen LogP contribution in [0.25, 0.3) is 0 Å². The summed E-state index contributed by atoms with van der Waals surface area (Å²) in [7, 11) is 3.62. The summed E-state index contributed by atoms with van der Waals surface area (Å²) < 4.78 is 28.3. The molecule has 0 saturated carbocycles. The van der Waals surface area contributed by atoms with E-state index in [0.717, 1.165) is 18.7 Å². The fourth-order valence-corrected chi connectivity index (χ4v) is 3.96. The molecule has 148 valence electrons. The summed E-state index contributed by atoms with van der Waals surface area (Å²) in [5.74, 6) is 1.91. The number of likely N-dealkylation sites (N-methyl/N-ethyl adjacent to an activating group) is 1. The zero-order chi connectivity index (χ0) is 18.2. The molecule has 2 N–H and O–H groups in total. The van der Waals surface area contributed by atoms with Crippen LogP contribution in [0.4, 0.5) is 8.78 Å². The van der Waals surface area contributed by atoms with Crippen LogP contribution in [-0.4, -0.2) is 55.6 Å². The van der Waals surface area contributed by atoms with Crippen molar-refractivity contribution in [3.05, 3.63) is 35.4 Å². The van der Waals surface area contributed by atoms with Gasteiger partial charge in [0.2, 0.25) is 0 Å². The highest BCUT2D eigenvalue weighted by Gasteiger charge is 2.22. The number of benzene rings is 1. The molecule has 26 heavy (non-hydrogen) atoms. The molecule has 0 aromatic heterocycles. The van der Waals surface area contributed by atoms with Crippen molar-refractivity contribution in [3.8, 4) is 0 Å². The Bertz CT molecular complexity index is 560. The maximum absolute atomic E-state index is 14.2. The van der Waals surface area contributed by atoms with E-state index >= 15 is 0 Å². The molecule has 1 aromatic carbocycles. The molecule has 1 aliphatic rings. The van der Waals surface area contributed by atoms with Crippen LogP contribution in [0.15, 0.2) is 23.2 Å². The topological polar surface area (TPSA) is 39.7 Å². The van der Waals surface area contributed by atoms with Crippen molar-refractivity contribution >= 4 is 41.7 Å². The molecule has 1 saturated heterocycles. The lowest BCUT2D eigenvalue weighted by atomic mass is 10.0. The van der Waals surface area contributed by atoms with Crippen molar-refractivity contribution in [3.63, 3.8) is 0 Å². The van der Waals surface area contributed by atoms with Crippen LogP contribution in [0.3, 0.4) is 0 Å². The number of aliphatic imine (C=N–C) groups is 1. The Morgan fingerprint density at radius 3 is 2.58 bits per heavy atom. The normalized spacial score (nSPS) is 19.0. The van der Waals surface area contributed by atoms with Crippen LogP contribution < -0.4 is 10.6 Å². The Balaban J connectivity index is 0.00000338. The molecular formula is C18H29F2IN4S. The molecule has 0 aliphatic carbocycles. The fourth-order valence-electron chi connectivity index (χ4n) is 2.89. The van der Waals surface area contributed by atoms with Gasteiger partial charge >= 0.3 is 0 Å². The quantitative estimate of drug-likeness (QED) is 0.357. The Morgan fingerprint density at radius 1 is 1.35 bits per heavy atom. The van der Waals surface area contributed by atoms with Gasteiger partial charge in [-0.15, -0.1) is 24.0 Å². The van der Waals surface area contributed by atoms with E-state index < -0.39 is 17.7 Å². The van der Waals surface area contributed by atoms with Crippen molar-refractivity contribution < 1.29 is 8.78 Å². The second-order valence-corrected chi connectivity index (χ2v) is 7.54. The predicted octanol–water partition coefficient (Wildman–Crippen LogP) is 3.64. The van der Waals surface area contributed by atoms with Gasteiger partial charge in [0.1, 0.15) is 11.6 Å². The molecule has 0 spiro atoms. The Hall–Kier alpha value is -0.610. The third kappa shape index (κ3) is 6.84. The van der Waals surface area contributed by atoms with Crippen LogP contribution in [0.2, 0.25) is 0 Å². The summed E-state index contributed by atoms with van der Waals surface area (Å²) >= 11 is 1.94. The number of halogens is 3. The van der Waals surface area contributed by atoms with Gasteiger partial charge < -0.3 is 15.5 Å². The third-order valence-electron chi connectivity index (χ3n) is 4.22. The first-order valence-electron chi connectivity index (χ1n) is 8.75. The zero-order valence-electron chi connectivity index (χ0n) is 15.6. The number of hydrogen-bond acceptors (Lipinski definition) is 3. The maximum atomic E-state index is 14.2. The molecular weight excluding hydrogens is 469 g/mol. The molecule has 2 atom stereocenters. The standard InChI is InChI=1S/C18H28F2N4S.HI/c1-4-21-18(23-13-7-6-10-25-12-13)22-11-16(24(2)3)17-14(19)8-5-9-15(17)20;/h5,8-9,13,16H,4,6-7,10-12H2,1-3H3,(H2,21,22,23);1H. The average molecular weight is 498 g/mol. The molecule has 0 bridgehead atoms. The summed E-state index contributed by atoms with van der Waals surface area (Å²) in [4.78, 5) is 6.39. The van der Waals surface area contributed by atoms with Gasteiger partial charge in [-0.25, -0.2) is 8.78 Å². The second-order valence-electron chi connectivity index (χ2n) is 6.39. The SMILES string of the molecule is CCNC(=NCC(c1c(F)cccc1F)N(C)C)NC1CCCSC1.I. The van der Waals surface area contributed by atoms with Crippen LogP contribution in [0.5, 0.6) is 0 Å². The van der Waals surface area contributed by atoms with E-state index in [9.17, 15) is 8.78 Å². The van der Waals surface area contributed by atoms with Crippen LogP contribution in [-0.2, 0) is 0 Å². The molecule has 0 amide bonds. The van der Waals surface area contributed by atoms with Crippen molar-refractivity contribution in [2.24, 2.45) is 4.99 Å². The minimum atomic E-state index is -0.532. The van der Waals surface area contributed by atoms with Gasteiger partial charge in [-0.05, 0) is 51.7 Å². The first-order chi connectivity index (χ1) is 12.0. The van der Waals surface area contributed by atoms with E-state index in [1.807, 2.05) is 32.8 Å². The Labute approximate surface area is 176 Å². The highest BCUT2D eigenvalue weighted by Crippen LogP contribution is 2.25. The minimum Gasteiger partial charge on any atom is -0.357 e. The highest BCUT2D eigenvalue weighted by molar-refractivity contribution is 14.0. The highest BCUT2D eigenvalue weighted by atomic mass is 127. The smallest absolute Gasteiger partial charge is 0.191 e. The van der Waals surface area contributed by atoms with Gasteiger partial charge in [-0.1, -0.05) is 6.07 Å². The largest absolute Gasteiger partial charge is 0.357 e. The number of rotatable bonds is 6. The first kappa shape index (κ1) is 23.4. The number of nitrogens with one attached hydrogen (secondary N) is 2. The second kappa shape index (κ2) is 12.0. The fraction of sp³-hybridized carbons (Fsp3) is 0.611. The van der Waals surface area contributed by atoms with Gasteiger partial charge in [0, 0.05) is 23.9 Å². The average Bonchev–Trinajstić information content (AvgIpc) is 2.58. The molecule has 2 rings (SSSR count). The molecule has 2 unspecified atom stereocenters. The molecule has 4 nitrogen and oxygen atoms in total. The summed E-state index contributed by atoms with van der Waals surface area (Å²) in [6.45, 7) is 3.03. The summed E-state index contributed by atoms with van der Waals surface area (Å²) in [5, 5.41) is 6.67. The Morgan fingerprint density at radius 2 is 2.04 bits per heavy atom.